The van der Waals surface area contributed by atoms with Gasteiger partial charge in [0.1, 0.15) is 5.75 Å². The van der Waals surface area contributed by atoms with Gasteiger partial charge in [-0.3, -0.25) is 0 Å². The standard InChI is InChI=1S/C10H9BrO3/c11-7-1-3-8(4-2-7)14-10(5-6-10)9(12)13/h1-4H,5-6H2,(H,12,13). The number of hydrogen-bond acceptors (Lipinski definition) is 2. The highest BCUT2D eigenvalue weighted by Gasteiger charge is 2.53. The average molecular weight is 257 g/mol. The number of ether oxygens (including phenoxy) is 1. The van der Waals surface area contributed by atoms with E-state index in [4.69, 9.17) is 9.84 Å². The molecular formula is C10H9BrO3. The maximum absolute atomic E-state index is 10.8. The fourth-order valence-electron chi connectivity index (χ4n) is 1.20. The van der Waals surface area contributed by atoms with Crippen LogP contribution in [0.1, 0.15) is 12.8 Å². The van der Waals surface area contributed by atoms with Gasteiger partial charge in [-0.15, -0.1) is 0 Å². The molecule has 1 aromatic carbocycles. The Bertz CT molecular complexity index is 354. The van der Waals surface area contributed by atoms with Crippen LogP contribution in [0.4, 0.5) is 0 Å². The number of hydrogen-bond donors (Lipinski definition) is 1. The summed E-state index contributed by atoms with van der Waals surface area (Å²) in [4.78, 5) is 10.8. The van der Waals surface area contributed by atoms with E-state index in [0.717, 1.165) is 4.47 Å². The molecule has 1 aliphatic carbocycles. The number of aliphatic carboxylic acids is 1. The second kappa shape index (κ2) is 3.28. The van der Waals surface area contributed by atoms with Gasteiger partial charge >= 0.3 is 5.97 Å². The minimum Gasteiger partial charge on any atom is -0.478 e. The molecule has 1 saturated carbocycles. The molecule has 0 aliphatic heterocycles. The number of carboxylic acids is 1. The minimum absolute atomic E-state index is 0.596. The van der Waals surface area contributed by atoms with Crippen molar-refractivity contribution in [1.82, 2.24) is 0 Å². The molecule has 0 spiro atoms. The first-order valence-corrected chi connectivity index (χ1v) is 5.10. The lowest BCUT2D eigenvalue weighted by molar-refractivity contribution is -0.147. The zero-order valence-electron chi connectivity index (χ0n) is 7.37. The summed E-state index contributed by atoms with van der Waals surface area (Å²) in [6.45, 7) is 0. The molecule has 74 valence electrons. The molecule has 0 heterocycles. The van der Waals surface area contributed by atoms with E-state index >= 15 is 0 Å². The molecule has 0 aromatic heterocycles. The fraction of sp³-hybridized carbons (Fsp3) is 0.300. The van der Waals surface area contributed by atoms with Crippen molar-refractivity contribution < 1.29 is 14.6 Å². The van der Waals surface area contributed by atoms with E-state index in [1.807, 2.05) is 12.1 Å². The van der Waals surface area contributed by atoms with Crippen LogP contribution in [0.5, 0.6) is 5.75 Å². The van der Waals surface area contributed by atoms with Crippen LogP contribution in [0.15, 0.2) is 28.7 Å². The Morgan fingerprint density at radius 3 is 2.36 bits per heavy atom. The van der Waals surface area contributed by atoms with Crippen molar-refractivity contribution in [2.75, 3.05) is 0 Å². The van der Waals surface area contributed by atoms with Gasteiger partial charge in [-0.2, -0.15) is 0 Å². The molecule has 14 heavy (non-hydrogen) atoms. The molecule has 0 amide bonds. The van der Waals surface area contributed by atoms with Gasteiger partial charge in [0, 0.05) is 17.3 Å². The third-order valence-electron chi connectivity index (χ3n) is 2.22. The minimum atomic E-state index is -0.951. The largest absolute Gasteiger partial charge is 0.478 e. The number of benzene rings is 1. The van der Waals surface area contributed by atoms with Crippen molar-refractivity contribution in [1.29, 1.82) is 0 Å². The highest BCUT2D eigenvalue weighted by Crippen LogP contribution is 2.40. The van der Waals surface area contributed by atoms with Crippen molar-refractivity contribution in [3.05, 3.63) is 28.7 Å². The van der Waals surface area contributed by atoms with E-state index in [1.165, 1.54) is 0 Å². The van der Waals surface area contributed by atoms with Gasteiger partial charge in [0.2, 0.25) is 5.60 Å². The molecular weight excluding hydrogens is 248 g/mol. The molecule has 0 saturated heterocycles. The fourth-order valence-corrected chi connectivity index (χ4v) is 1.47. The summed E-state index contributed by atoms with van der Waals surface area (Å²) in [7, 11) is 0. The van der Waals surface area contributed by atoms with Crippen LogP contribution in [0.25, 0.3) is 0 Å². The summed E-state index contributed by atoms with van der Waals surface area (Å²) in [5, 5.41) is 8.89. The molecule has 1 N–H and O–H groups in total. The predicted octanol–water partition coefficient (Wildman–Crippen LogP) is 2.45. The van der Waals surface area contributed by atoms with Crippen LogP contribution in [0.3, 0.4) is 0 Å². The third-order valence-corrected chi connectivity index (χ3v) is 2.75. The first-order valence-electron chi connectivity index (χ1n) is 4.30. The first kappa shape index (κ1) is 9.52. The van der Waals surface area contributed by atoms with Gasteiger partial charge in [-0.05, 0) is 24.3 Å². The summed E-state index contributed by atoms with van der Waals surface area (Å²) < 4.78 is 6.36. The van der Waals surface area contributed by atoms with E-state index in [9.17, 15) is 4.79 Å². The smallest absolute Gasteiger partial charge is 0.348 e. The van der Waals surface area contributed by atoms with Crippen LogP contribution >= 0.6 is 15.9 Å². The van der Waals surface area contributed by atoms with E-state index in [-0.39, 0.29) is 0 Å². The summed E-state index contributed by atoms with van der Waals surface area (Å²) in [5.41, 5.74) is -0.951. The highest BCUT2D eigenvalue weighted by molar-refractivity contribution is 9.10. The SMILES string of the molecule is O=C(O)C1(Oc2ccc(Br)cc2)CC1. The molecule has 0 atom stereocenters. The van der Waals surface area contributed by atoms with E-state index in [0.29, 0.717) is 18.6 Å². The molecule has 1 aliphatic rings. The van der Waals surface area contributed by atoms with Gasteiger partial charge < -0.3 is 9.84 Å². The zero-order chi connectivity index (χ0) is 10.2. The Morgan fingerprint density at radius 1 is 1.36 bits per heavy atom. The van der Waals surface area contributed by atoms with Crippen LogP contribution in [-0.2, 0) is 4.79 Å². The zero-order valence-corrected chi connectivity index (χ0v) is 8.95. The first-order chi connectivity index (χ1) is 6.62. The topological polar surface area (TPSA) is 46.5 Å². The van der Waals surface area contributed by atoms with Gasteiger partial charge in [-0.25, -0.2) is 4.79 Å². The van der Waals surface area contributed by atoms with Crippen LogP contribution < -0.4 is 4.74 Å². The second-order valence-corrected chi connectivity index (χ2v) is 4.27. The van der Waals surface area contributed by atoms with Crippen LogP contribution in [0, 0.1) is 0 Å². The Kier molecular flexibility index (Phi) is 2.23. The molecule has 4 heteroatoms. The monoisotopic (exact) mass is 256 g/mol. The number of halogens is 1. The average Bonchev–Trinajstić information content (AvgIpc) is 2.90. The van der Waals surface area contributed by atoms with Crippen molar-refractivity contribution >= 4 is 21.9 Å². The van der Waals surface area contributed by atoms with E-state index in [2.05, 4.69) is 15.9 Å². The van der Waals surface area contributed by atoms with Gasteiger partial charge in [0.15, 0.2) is 0 Å². The number of rotatable bonds is 3. The summed E-state index contributed by atoms with van der Waals surface area (Å²) in [6, 6.07) is 7.17. The Labute approximate surface area is 89.8 Å². The van der Waals surface area contributed by atoms with E-state index in [1.54, 1.807) is 12.1 Å². The van der Waals surface area contributed by atoms with Gasteiger partial charge in [0.05, 0.1) is 0 Å². The quantitative estimate of drug-likeness (QED) is 0.904. The summed E-state index contributed by atoms with van der Waals surface area (Å²) in [5.74, 6) is -0.270. The summed E-state index contributed by atoms with van der Waals surface area (Å²) >= 11 is 3.30. The van der Waals surface area contributed by atoms with Crippen LogP contribution in [0.2, 0.25) is 0 Å². The molecule has 1 aromatic rings. The number of carboxylic acid groups (broad SMARTS) is 1. The normalized spacial score (nSPS) is 17.5. The summed E-state index contributed by atoms with van der Waals surface area (Å²) in [6.07, 6.45) is 1.19. The van der Waals surface area contributed by atoms with Crippen molar-refractivity contribution in [2.24, 2.45) is 0 Å². The number of carbonyl (C=O) groups is 1. The predicted molar refractivity (Wildman–Crippen MR) is 54.4 cm³/mol. The molecule has 0 bridgehead atoms. The maximum atomic E-state index is 10.8. The lowest BCUT2D eigenvalue weighted by Crippen LogP contribution is -2.28. The van der Waals surface area contributed by atoms with Gasteiger partial charge in [-0.1, -0.05) is 15.9 Å². The van der Waals surface area contributed by atoms with Crippen molar-refractivity contribution in [3.63, 3.8) is 0 Å². The molecule has 1 fully saturated rings. The van der Waals surface area contributed by atoms with E-state index < -0.39 is 11.6 Å². The molecule has 2 rings (SSSR count). The lowest BCUT2D eigenvalue weighted by Gasteiger charge is -2.12. The maximum Gasteiger partial charge on any atom is 0.348 e. The Hall–Kier alpha value is -1.03. The molecule has 3 nitrogen and oxygen atoms in total. The highest BCUT2D eigenvalue weighted by atomic mass is 79.9. The Balaban J connectivity index is 2.11. The third kappa shape index (κ3) is 1.75. The lowest BCUT2D eigenvalue weighted by atomic mass is 10.3. The van der Waals surface area contributed by atoms with Crippen molar-refractivity contribution in [2.45, 2.75) is 18.4 Å². The Morgan fingerprint density at radius 2 is 1.93 bits per heavy atom. The molecule has 0 unspecified atom stereocenters. The second-order valence-electron chi connectivity index (χ2n) is 3.36. The van der Waals surface area contributed by atoms with Crippen LogP contribution in [-0.4, -0.2) is 16.7 Å². The molecule has 0 radical (unpaired) electrons. The van der Waals surface area contributed by atoms with Crippen molar-refractivity contribution in [3.8, 4) is 5.75 Å². The van der Waals surface area contributed by atoms with Gasteiger partial charge in [0.25, 0.3) is 0 Å².